The van der Waals surface area contributed by atoms with Gasteiger partial charge in [-0.3, -0.25) is 9.30 Å². The third kappa shape index (κ3) is 4.10. The van der Waals surface area contributed by atoms with E-state index in [1.807, 2.05) is 0 Å². The monoisotopic (exact) mass is 466 g/mol. The quantitative estimate of drug-likeness (QED) is 0.510. The fourth-order valence-corrected chi connectivity index (χ4v) is 4.62. The van der Waals surface area contributed by atoms with Crippen molar-refractivity contribution in [3.63, 3.8) is 0 Å². The van der Waals surface area contributed by atoms with Crippen molar-refractivity contribution in [1.29, 1.82) is 0 Å². The van der Waals surface area contributed by atoms with Gasteiger partial charge in [0, 0.05) is 37.3 Å². The number of benzene rings is 1. The zero-order chi connectivity index (χ0) is 23.4. The maximum atomic E-state index is 14.7. The number of fused-ring (bicyclic) bond motifs is 1. The number of morpholine rings is 1. The summed E-state index contributed by atoms with van der Waals surface area (Å²) in [5, 5.41) is 7.91. The predicted molar refractivity (Wildman–Crippen MR) is 109 cm³/mol. The Labute approximate surface area is 187 Å². The van der Waals surface area contributed by atoms with Crippen LogP contribution in [0.3, 0.4) is 0 Å². The Bertz CT molecular complexity index is 1190. The Balaban J connectivity index is 1.55. The van der Waals surface area contributed by atoms with Gasteiger partial charge >= 0.3 is 6.18 Å². The van der Waals surface area contributed by atoms with E-state index in [1.54, 1.807) is 18.0 Å². The lowest BCUT2D eigenvalue weighted by molar-refractivity contribution is -0.138. The van der Waals surface area contributed by atoms with E-state index in [1.165, 1.54) is 16.5 Å². The highest BCUT2D eigenvalue weighted by molar-refractivity contribution is 5.54. The molecule has 1 saturated carbocycles. The summed E-state index contributed by atoms with van der Waals surface area (Å²) in [6, 6.07) is 4.68. The van der Waals surface area contributed by atoms with Crippen LogP contribution < -0.4 is 0 Å². The summed E-state index contributed by atoms with van der Waals surface area (Å²) in [4.78, 5) is 1.75. The minimum atomic E-state index is -4.65. The first-order chi connectivity index (χ1) is 15.7. The van der Waals surface area contributed by atoms with Gasteiger partial charge in [-0.1, -0.05) is 6.07 Å². The normalized spacial score (nSPS) is 22.2. The summed E-state index contributed by atoms with van der Waals surface area (Å²) in [6.07, 6.45) is -0.369. The van der Waals surface area contributed by atoms with Gasteiger partial charge < -0.3 is 4.74 Å². The molecule has 3 aromatic rings. The van der Waals surface area contributed by atoms with Gasteiger partial charge in [0.2, 0.25) is 0 Å². The highest BCUT2D eigenvalue weighted by Crippen LogP contribution is 2.39. The molecule has 2 aliphatic rings. The van der Waals surface area contributed by atoms with Crippen molar-refractivity contribution in [3.05, 3.63) is 64.6 Å². The number of alkyl halides is 3. The molecule has 0 spiro atoms. The minimum absolute atomic E-state index is 0.0241. The number of nitrogens with zero attached hydrogens (tertiary/aromatic N) is 4. The third-order valence-corrected chi connectivity index (χ3v) is 6.65. The van der Waals surface area contributed by atoms with E-state index in [0.29, 0.717) is 24.8 Å². The van der Waals surface area contributed by atoms with Gasteiger partial charge in [-0.05, 0) is 43.4 Å². The first-order valence-electron chi connectivity index (χ1n) is 10.9. The van der Waals surface area contributed by atoms with Gasteiger partial charge in [0.05, 0.1) is 18.8 Å². The molecule has 0 unspecified atom stereocenters. The van der Waals surface area contributed by atoms with Crippen molar-refractivity contribution in [2.24, 2.45) is 5.92 Å². The molecule has 1 atom stereocenters. The molecule has 0 radical (unpaired) electrons. The van der Waals surface area contributed by atoms with Crippen LogP contribution in [0.15, 0.2) is 30.5 Å². The Morgan fingerprint density at radius 2 is 1.94 bits per heavy atom. The lowest BCUT2D eigenvalue weighted by Gasteiger charge is -2.45. The van der Waals surface area contributed by atoms with Crippen LogP contribution in [0.2, 0.25) is 0 Å². The van der Waals surface area contributed by atoms with Crippen LogP contribution in [0.1, 0.15) is 42.3 Å². The molecule has 10 heteroatoms. The minimum Gasteiger partial charge on any atom is -0.378 e. The van der Waals surface area contributed by atoms with Crippen molar-refractivity contribution >= 4 is 5.65 Å². The molecule has 5 nitrogen and oxygen atoms in total. The molecule has 0 bridgehead atoms. The summed E-state index contributed by atoms with van der Waals surface area (Å²) < 4.78 is 77.8. The number of halogens is 5. The second kappa shape index (κ2) is 8.02. The second-order valence-electron chi connectivity index (χ2n) is 9.04. The molecule has 5 rings (SSSR count). The fraction of sp³-hybridized carbons (Fsp3) is 0.478. The molecule has 2 aromatic heterocycles. The van der Waals surface area contributed by atoms with Crippen LogP contribution in [-0.2, 0) is 29.4 Å². The second-order valence-corrected chi connectivity index (χ2v) is 9.04. The van der Waals surface area contributed by atoms with Crippen LogP contribution in [0.25, 0.3) is 5.65 Å². The Kier molecular flexibility index (Phi) is 5.40. The maximum Gasteiger partial charge on any atom is 0.420 e. The topological polar surface area (TPSA) is 42.7 Å². The van der Waals surface area contributed by atoms with E-state index in [2.05, 4.69) is 10.2 Å². The zero-order valence-corrected chi connectivity index (χ0v) is 18.0. The Morgan fingerprint density at radius 3 is 2.64 bits per heavy atom. The van der Waals surface area contributed by atoms with Crippen molar-refractivity contribution in [3.8, 4) is 0 Å². The summed E-state index contributed by atoms with van der Waals surface area (Å²) >= 11 is 0. The third-order valence-electron chi connectivity index (χ3n) is 6.65. The number of aromatic nitrogens is 3. The first-order valence-corrected chi connectivity index (χ1v) is 10.9. The van der Waals surface area contributed by atoms with Crippen molar-refractivity contribution in [1.82, 2.24) is 19.5 Å². The number of ether oxygens (including phenoxy) is 1. The van der Waals surface area contributed by atoms with Crippen molar-refractivity contribution in [2.75, 3.05) is 19.8 Å². The summed E-state index contributed by atoms with van der Waals surface area (Å²) in [6.45, 7) is 2.23. The van der Waals surface area contributed by atoms with Gasteiger partial charge in [0.25, 0.3) is 0 Å². The standard InChI is InChI=1S/C23H23F5N4O/c1-22(17-5-4-16(24)11-18(17)25)13-33-9-8-31(22)12-15-6-7-32-19(10-14-2-3-14)29-30-21(32)20(15)23(26,27)28/h4-7,11,14H,2-3,8-10,12-13H2,1H3/t22-/m1/s1. The van der Waals surface area contributed by atoms with E-state index in [0.717, 1.165) is 25.0 Å². The highest BCUT2D eigenvalue weighted by atomic mass is 19.4. The molecule has 33 heavy (non-hydrogen) atoms. The van der Waals surface area contributed by atoms with Crippen molar-refractivity contribution < 1.29 is 26.7 Å². The zero-order valence-electron chi connectivity index (χ0n) is 18.0. The Hall–Kier alpha value is -2.59. The SMILES string of the molecule is C[C@]1(c2ccc(F)cc2F)COCCN1Cc1ccn2c(CC3CC3)nnc2c1C(F)(F)F. The Morgan fingerprint density at radius 1 is 1.15 bits per heavy atom. The van der Waals surface area contributed by atoms with E-state index < -0.39 is 28.9 Å². The molecule has 0 N–H and O–H groups in total. The van der Waals surface area contributed by atoms with Gasteiger partial charge in [0.1, 0.15) is 23.0 Å². The summed E-state index contributed by atoms with van der Waals surface area (Å²) in [5.41, 5.74) is -1.94. The van der Waals surface area contributed by atoms with E-state index in [9.17, 15) is 22.0 Å². The molecule has 0 amide bonds. The number of hydrogen-bond donors (Lipinski definition) is 0. The molecule has 3 heterocycles. The van der Waals surface area contributed by atoms with E-state index in [4.69, 9.17) is 4.74 Å². The van der Waals surface area contributed by atoms with Crippen molar-refractivity contribution in [2.45, 2.75) is 44.4 Å². The average Bonchev–Trinajstić information content (AvgIpc) is 3.47. The van der Waals surface area contributed by atoms with Gasteiger partial charge in [-0.15, -0.1) is 10.2 Å². The molecule has 176 valence electrons. The van der Waals surface area contributed by atoms with Crippen LogP contribution >= 0.6 is 0 Å². The number of hydrogen-bond acceptors (Lipinski definition) is 4. The average molecular weight is 466 g/mol. The van der Waals surface area contributed by atoms with Gasteiger partial charge in [-0.25, -0.2) is 8.78 Å². The van der Waals surface area contributed by atoms with Crippen LogP contribution in [-0.4, -0.2) is 39.3 Å². The largest absolute Gasteiger partial charge is 0.420 e. The molecular weight excluding hydrogens is 443 g/mol. The predicted octanol–water partition coefficient (Wildman–Crippen LogP) is 4.73. The number of rotatable bonds is 5. The number of pyridine rings is 1. The lowest BCUT2D eigenvalue weighted by Crippen LogP contribution is -2.52. The van der Waals surface area contributed by atoms with Crippen LogP contribution in [0, 0.1) is 17.6 Å². The van der Waals surface area contributed by atoms with E-state index >= 15 is 0 Å². The van der Waals surface area contributed by atoms with Gasteiger partial charge in [0.15, 0.2) is 5.65 Å². The molecule has 1 aliphatic carbocycles. The lowest BCUT2D eigenvalue weighted by atomic mass is 9.88. The fourth-order valence-electron chi connectivity index (χ4n) is 4.62. The van der Waals surface area contributed by atoms with Crippen LogP contribution in [0.4, 0.5) is 22.0 Å². The van der Waals surface area contributed by atoms with E-state index in [-0.39, 0.29) is 36.5 Å². The molecule has 2 fully saturated rings. The summed E-state index contributed by atoms with van der Waals surface area (Å²) in [5.74, 6) is -0.511. The first kappa shape index (κ1) is 22.2. The van der Waals surface area contributed by atoms with Gasteiger partial charge in [-0.2, -0.15) is 13.2 Å². The molecule has 1 aromatic carbocycles. The maximum absolute atomic E-state index is 14.7. The van der Waals surface area contributed by atoms with Crippen LogP contribution in [0.5, 0.6) is 0 Å². The molecule has 1 saturated heterocycles. The molecule has 1 aliphatic heterocycles. The summed E-state index contributed by atoms with van der Waals surface area (Å²) in [7, 11) is 0. The smallest absolute Gasteiger partial charge is 0.378 e. The molecular formula is C23H23F5N4O. The highest BCUT2D eigenvalue weighted by Gasteiger charge is 2.42.